The Balaban J connectivity index is 0.896. The number of anilines is 3. The Bertz CT molecular complexity index is 3000. The van der Waals surface area contributed by atoms with E-state index >= 15 is 0 Å². The van der Waals surface area contributed by atoms with Crippen molar-refractivity contribution in [3.63, 3.8) is 0 Å². The highest BCUT2D eigenvalue weighted by molar-refractivity contribution is 6.10. The maximum atomic E-state index is 2.48. The third-order valence-corrected chi connectivity index (χ3v) is 14.2. The van der Waals surface area contributed by atoms with Crippen LogP contribution in [-0.2, 0) is 5.41 Å². The summed E-state index contributed by atoms with van der Waals surface area (Å²) in [5.74, 6) is 1.67. The van der Waals surface area contributed by atoms with Crippen LogP contribution in [0.25, 0.3) is 60.9 Å². The highest BCUT2D eigenvalue weighted by Crippen LogP contribution is 2.63. The second-order valence-corrected chi connectivity index (χ2v) is 17.2. The maximum Gasteiger partial charge on any atom is 0.0542 e. The van der Waals surface area contributed by atoms with E-state index in [-0.39, 0.29) is 5.41 Å². The molecule has 284 valence electrons. The van der Waals surface area contributed by atoms with Crippen molar-refractivity contribution in [3.8, 4) is 39.1 Å². The van der Waals surface area contributed by atoms with Gasteiger partial charge < -0.3 is 9.47 Å². The van der Waals surface area contributed by atoms with Crippen molar-refractivity contribution in [1.29, 1.82) is 0 Å². The SMILES string of the molecule is c1ccc(N(c2ccc(-c3ccc(-c4cccc5c4-c4ccccc4C54CCC5CCCC4C5)cc3)cc2)c2ccc3c(c2)c2ccccc2n3-c2ccccc2)cc1. The highest BCUT2D eigenvalue weighted by atomic mass is 15.1. The second-order valence-electron chi connectivity index (χ2n) is 17.2. The normalized spacial score (nSPS) is 19.2. The third kappa shape index (κ3) is 5.39. The standard InChI is InChI=1S/C57H46N2/c1-3-15-44(16-4-1)58(47-33-34-55-51(38-47)49-19-8-10-24-54(49)59(55)45-17-5-2-6-18-45)46-31-29-41(30-32-46)40-25-27-42(28-26-40)48-21-12-23-53-56(48)50-20-7-9-22-52(50)57(53)36-35-39-13-11-14-43(57)37-39/h1-10,12,15-34,38-39,43H,11,13-14,35-37H2. The summed E-state index contributed by atoms with van der Waals surface area (Å²) in [6, 6.07) is 72.1. The maximum absolute atomic E-state index is 2.48. The summed E-state index contributed by atoms with van der Waals surface area (Å²) in [7, 11) is 0. The minimum atomic E-state index is 0.168. The Kier molecular flexibility index (Phi) is 8.01. The minimum Gasteiger partial charge on any atom is -0.310 e. The number of para-hydroxylation sites is 3. The van der Waals surface area contributed by atoms with Gasteiger partial charge in [0.1, 0.15) is 0 Å². The summed E-state index contributed by atoms with van der Waals surface area (Å²) in [5, 5.41) is 2.49. The van der Waals surface area contributed by atoms with Gasteiger partial charge in [-0.25, -0.2) is 0 Å². The van der Waals surface area contributed by atoms with E-state index in [0.29, 0.717) is 0 Å². The van der Waals surface area contributed by atoms with Gasteiger partial charge in [-0.15, -0.1) is 0 Å². The molecule has 59 heavy (non-hydrogen) atoms. The van der Waals surface area contributed by atoms with E-state index < -0.39 is 0 Å². The van der Waals surface area contributed by atoms with Crippen LogP contribution >= 0.6 is 0 Å². The predicted molar refractivity (Wildman–Crippen MR) is 247 cm³/mol. The van der Waals surface area contributed by atoms with Gasteiger partial charge in [0.2, 0.25) is 0 Å². The van der Waals surface area contributed by atoms with Gasteiger partial charge in [-0.05, 0) is 143 Å². The van der Waals surface area contributed by atoms with Crippen molar-refractivity contribution in [3.05, 3.63) is 205 Å². The molecule has 0 amide bonds. The third-order valence-electron chi connectivity index (χ3n) is 14.2. The van der Waals surface area contributed by atoms with E-state index in [1.807, 2.05) is 0 Å². The molecule has 2 saturated carbocycles. The molecule has 0 aliphatic heterocycles. The van der Waals surface area contributed by atoms with Crippen LogP contribution in [0.4, 0.5) is 17.1 Å². The van der Waals surface area contributed by atoms with Gasteiger partial charge in [0.05, 0.1) is 11.0 Å². The molecule has 0 saturated heterocycles. The van der Waals surface area contributed by atoms with Crippen molar-refractivity contribution < 1.29 is 0 Å². The fraction of sp³-hybridized carbons (Fsp3) is 0.158. The van der Waals surface area contributed by atoms with Crippen molar-refractivity contribution in [2.24, 2.45) is 11.8 Å². The Labute approximate surface area is 347 Å². The molecule has 3 atom stereocenters. The number of aromatic nitrogens is 1. The number of hydrogen-bond donors (Lipinski definition) is 0. The molecule has 2 fully saturated rings. The number of nitrogens with zero attached hydrogens (tertiary/aromatic N) is 2. The minimum absolute atomic E-state index is 0.168. The first-order chi connectivity index (χ1) is 29.2. The molecule has 1 spiro atoms. The molecule has 9 aromatic rings. The Morgan fingerprint density at radius 1 is 0.458 bits per heavy atom. The fourth-order valence-corrected chi connectivity index (χ4v) is 11.7. The number of benzene rings is 8. The number of hydrogen-bond acceptors (Lipinski definition) is 1. The molecule has 3 aliphatic rings. The predicted octanol–water partition coefficient (Wildman–Crippen LogP) is 15.5. The van der Waals surface area contributed by atoms with Gasteiger partial charge in [0, 0.05) is 38.9 Å². The molecule has 8 aromatic carbocycles. The molecule has 3 aliphatic carbocycles. The zero-order valence-electron chi connectivity index (χ0n) is 33.3. The van der Waals surface area contributed by atoms with Gasteiger partial charge >= 0.3 is 0 Å². The lowest BCUT2D eigenvalue weighted by Crippen LogP contribution is -2.42. The lowest BCUT2D eigenvalue weighted by Gasteiger charge is -2.49. The second kappa shape index (κ2) is 13.7. The van der Waals surface area contributed by atoms with Crippen LogP contribution in [0, 0.1) is 11.8 Å². The first-order valence-corrected chi connectivity index (χ1v) is 21.6. The van der Waals surface area contributed by atoms with Gasteiger partial charge in [0.25, 0.3) is 0 Å². The zero-order chi connectivity index (χ0) is 38.9. The van der Waals surface area contributed by atoms with Gasteiger partial charge in [-0.3, -0.25) is 0 Å². The van der Waals surface area contributed by atoms with Crippen molar-refractivity contribution >= 4 is 38.9 Å². The summed E-state index contributed by atoms with van der Waals surface area (Å²) in [5.41, 5.74) is 18.4. The highest BCUT2D eigenvalue weighted by Gasteiger charge is 2.52. The Morgan fingerprint density at radius 3 is 1.92 bits per heavy atom. The van der Waals surface area contributed by atoms with Crippen LogP contribution in [0.1, 0.15) is 49.7 Å². The molecule has 0 radical (unpaired) electrons. The molecule has 12 rings (SSSR count). The largest absolute Gasteiger partial charge is 0.310 e. The molecular weight excluding hydrogens is 713 g/mol. The van der Waals surface area contributed by atoms with Crippen molar-refractivity contribution in [1.82, 2.24) is 4.57 Å². The summed E-state index contributed by atoms with van der Waals surface area (Å²) in [6.07, 6.45) is 8.22. The molecule has 1 heterocycles. The van der Waals surface area contributed by atoms with E-state index in [0.717, 1.165) is 28.9 Å². The molecule has 3 unspecified atom stereocenters. The van der Waals surface area contributed by atoms with E-state index in [9.17, 15) is 0 Å². The van der Waals surface area contributed by atoms with E-state index in [1.54, 1.807) is 11.1 Å². The van der Waals surface area contributed by atoms with Crippen LogP contribution in [0.15, 0.2) is 194 Å². The van der Waals surface area contributed by atoms with Crippen LogP contribution in [0.2, 0.25) is 0 Å². The average Bonchev–Trinajstić information content (AvgIpc) is 3.79. The van der Waals surface area contributed by atoms with Crippen LogP contribution in [-0.4, -0.2) is 4.57 Å². The van der Waals surface area contributed by atoms with Crippen molar-refractivity contribution in [2.75, 3.05) is 4.90 Å². The first-order valence-electron chi connectivity index (χ1n) is 21.6. The average molecular weight is 759 g/mol. The molecule has 2 heteroatoms. The zero-order valence-corrected chi connectivity index (χ0v) is 33.3. The van der Waals surface area contributed by atoms with Crippen LogP contribution in [0.5, 0.6) is 0 Å². The molecule has 0 N–H and O–H groups in total. The molecular formula is C57H46N2. The summed E-state index contributed by atoms with van der Waals surface area (Å²) in [4.78, 5) is 2.38. The topological polar surface area (TPSA) is 8.17 Å². The lowest BCUT2D eigenvalue weighted by molar-refractivity contribution is 0.117. The molecule has 1 aromatic heterocycles. The Morgan fingerprint density at radius 2 is 1.08 bits per heavy atom. The Hall–Kier alpha value is -6.64. The van der Waals surface area contributed by atoms with E-state index in [2.05, 4.69) is 204 Å². The number of fused-ring (bicyclic) bond motifs is 11. The van der Waals surface area contributed by atoms with Gasteiger partial charge in [0.15, 0.2) is 0 Å². The monoisotopic (exact) mass is 758 g/mol. The van der Waals surface area contributed by atoms with Crippen LogP contribution in [0.3, 0.4) is 0 Å². The van der Waals surface area contributed by atoms with Crippen molar-refractivity contribution in [2.45, 2.75) is 43.9 Å². The smallest absolute Gasteiger partial charge is 0.0542 e. The van der Waals surface area contributed by atoms with Crippen LogP contribution < -0.4 is 4.90 Å². The first kappa shape index (κ1) is 34.4. The molecule has 2 bridgehead atoms. The summed E-state index contributed by atoms with van der Waals surface area (Å²) in [6.45, 7) is 0. The molecule has 2 nitrogen and oxygen atoms in total. The quantitative estimate of drug-likeness (QED) is 0.164. The number of rotatable bonds is 6. The van der Waals surface area contributed by atoms with Gasteiger partial charge in [-0.2, -0.15) is 0 Å². The summed E-state index contributed by atoms with van der Waals surface area (Å²) < 4.78 is 2.38. The van der Waals surface area contributed by atoms with E-state index in [4.69, 9.17) is 0 Å². The van der Waals surface area contributed by atoms with Gasteiger partial charge in [-0.1, -0.05) is 146 Å². The van der Waals surface area contributed by atoms with E-state index in [1.165, 1.54) is 99.4 Å². The summed E-state index contributed by atoms with van der Waals surface area (Å²) >= 11 is 0. The fourth-order valence-electron chi connectivity index (χ4n) is 11.7. The lowest BCUT2D eigenvalue weighted by atomic mass is 9.55.